The van der Waals surface area contributed by atoms with E-state index in [4.69, 9.17) is 5.11 Å². The van der Waals surface area contributed by atoms with Gasteiger partial charge in [0.1, 0.15) is 0 Å². The fourth-order valence-electron chi connectivity index (χ4n) is 4.05. The third-order valence-corrected chi connectivity index (χ3v) is 5.43. The van der Waals surface area contributed by atoms with Crippen molar-refractivity contribution in [2.75, 3.05) is 5.32 Å². The van der Waals surface area contributed by atoms with Crippen molar-refractivity contribution in [3.05, 3.63) is 54.0 Å². The van der Waals surface area contributed by atoms with Gasteiger partial charge >= 0.3 is 5.97 Å². The Morgan fingerprint density at radius 3 is 2.53 bits per heavy atom. The van der Waals surface area contributed by atoms with Crippen LogP contribution >= 0.6 is 0 Å². The Labute approximate surface area is 175 Å². The first-order valence-corrected chi connectivity index (χ1v) is 10.1. The average Bonchev–Trinajstić information content (AvgIpc) is 3.17. The summed E-state index contributed by atoms with van der Waals surface area (Å²) in [5.41, 5.74) is 3.61. The number of hydrogen-bond donors (Lipinski definition) is 3. The number of carbonyl (C=O) groups is 1. The first kappa shape index (κ1) is 20.0. The predicted molar refractivity (Wildman–Crippen MR) is 115 cm³/mol. The molecule has 1 aliphatic heterocycles. The first-order valence-electron chi connectivity index (χ1n) is 10.1. The molecule has 8 nitrogen and oxygen atoms in total. The summed E-state index contributed by atoms with van der Waals surface area (Å²) in [7, 11) is 0. The highest BCUT2D eigenvalue weighted by atomic mass is 16.4. The average molecular weight is 406 g/mol. The normalized spacial score (nSPS) is 21.4. The zero-order chi connectivity index (χ0) is 21.3. The summed E-state index contributed by atoms with van der Waals surface area (Å²) < 4.78 is 2.02. The number of nitrogens with zero attached hydrogens (tertiary/aromatic N) is 4. The number of piperidine rings is 1. The predicted octanol–water partition coefficient (Wildman–Crippen LogP) is 3.79. The van der Waals surface area contributed by atoms with E-state index in [1.54, 1.807) is 36.7 Å². The molecule has 30 heavy (non-hydrogen) atoms. The van der Waals surface area contributed by atoms with Gasteiger partial charge in [0.15, 0.2) is 0 Å². The van der Waals surface area contributed by atoms with E-state index in [9.17, 15) is 4.79 Å². The van der Waals surface area contributed by atoms with Crippen molar-refractivity contribution in [3.63, 3.8) is 0 Å². The minimum absolute atomic E-state index is 0.248. The SMILES string of the molecule is Cc1cnc(Nc2cnn(C3C[C@@H](C)N[C@H](C)C3)c2)nc1-c1ccc(C(=O)O)cc1. The van der Waals surface area contributed by atoms with Gasteiger partial charge < -0.3 is 15.7 Å². The number of rotatable bonds is 5. The third-order valence-electron chi connectivity index (χ3n) is 5.43. The van der Waals surface area contributed by atoms with Crippen LogP contribution in [0.15, 0.2) is 42.9 Å². The molecule has 3 aromatic rings. The molecule has 4 rings (SSSR count). The van der Waals surface area contributed by atoms with Crippen LogP contribution in [-0.4, -0.2) is 42.9 Å². The fourth-order valence-corrected chi connectivity index (χ4v) is 4.05. The molecule has 8 heteroatoms. The molecule has 156 valence electrons. The van der Waals surface area contributed by atoms with Gasteiger partial charge in [-0.25, -0.2) is 14.8 Å². The van der Waals surface area contributed by atoms with Gasteiger partial charge in [0.25, 0.3) is 0 Å². The van der Waals surface area contributed by atoms with Crippen LogP contribution in [0.2, 0.25) is 0 Å². The highest BCUT2D eigenvalue weighted by molar-refractivity contribution is 5.88. The second-order valence-corrected chi connectivity index (χ2v) is 8.04. The van der Waals surface area contributed by atoms with E-state index in [1.807, 2.05) is 17.8 Å². The third kappa shape index (κ3) is 4.33. The Morgan fingerprint density at radius 1 is 1.17 bits per heavy atom. The van der Waals surface area contributed by atoms with Crippen LogP contribution in [0.3, 0.4) is 0 Å². The molecular weight excluding hydrogens is 380 g/mol. The summed E-state index contributed by atoms with van der Waals surface area (Å²) in [5, 5.41) is 20.4. The number of nitrogens with one attached hydrogen (secondary N) is 2. The summed E-state index contributed by atoms with van der Waals surface area (Å²) in [4.78, 5) is 20.1. The molecule has 1 aromatic carbocycles. The van der Waals surface area contributed by atoms with E-state index in [2.05, 4.69) is 39.5 Å². The molecule has 3 heterocycles. The number of carboxylic acids is 1. The van der Waals surface area contributed by atoms with E-state index in [1.165, 1.54) is 0 Å². The lowest BCUT2D eigenvalue weighted by Crippen LogP contribution is -2.43. The van der Waals surface area contributed by atoms with Crippen molar-refractivity contribution in [1.29, 1.82) is 0 Å². The maximum absolute atomic E-state index is 11.1. The van der Waals surface area contributed by atoms with E-state index in [0.717, 1.165) is 35.3 Å². The summed E-state index contributed by atoms with van der Waals surface area (Å²) in [5.74, 6) is -0.470. The standard InChI is InChI=1S/C22H26N6O2/c1-13-10-23-22(27-20(13)16-4-6-17(7-5-16)21(29)30)26-18-11-24-28(12-18)19-8-14(2)25-15(3)9-19/h4-7,10-12,14-15,19,25H,8-9H2,1-3H3,(H,29,30)(H,23,26,27)/t14-,15-/m1/s1. The number of carboxylic acid groups (broad SMARTS) is 1. The molecule has 1 aliphatic rings. The van der Waals surface area contributed by atoms with Gasteiger partial charge in [-0.1, -0.05) is 12.1 Å². The van der Waals surface area contributed by atoms with Gasteiger partial charge in [0, 0.05) is 30.0 Å². The molecule has 0 bridgehead atoms. The van der Waals surface area contributed by atoms with Crippen LogP contribution in [0.1, 0.15) is 48.7 Å². The van der Waals surface area contributed by atoms with Crippen LogP contribution in [0.4, 0.5) is 11.6 Å². The fraction of sp³-hybridized carbons (Fsp3) is 0.364. The quantitative estimate of drug-likeness (QED) is 0.592. The molecule has 0 unspecified atom stereocenters. The lowest BCUT2D eigenvalue weighted by molar-refractivity contribution is 0.0697. The number of benzene rings is 1. The Morgan fingerprint density at radius 2 is 1.87 bits per heavy atom. The summed E-state index contributed by atoms with van der Waals surface area (Å²) in [6.07, 6.45) is 7.64. The molecule has 0 saturated carbocycles. The van der Waals surface area contributed by atoms with Gasteiger partial charge in [0.05, 0.1) is 29.2 Å². The van der Waals surface area contributed by atoms with E-state index in [0.29, 0.717) is 24.1 Å². The molecule has 0 spiro atoms. The number of aromatic nitrogens is 4. The van der Waals surface area contributed by atoms with Crippen LogP contribution in [0.5, 0.6) is 0 Å². The number of anilines is 2. The zero-order valence-electron chi connectivity index (χ0n) is 17.3. The summed E-state index contributed by atoms with van der Waals surface area (Å²) in [6.45, 7) is 6.34. The van der Waals surface area contributed by atoms with E-state index < -0.39 is 5.97 Å². The van der Waals surface area contributed by atoms with Gasteiger partial charge in [-0.15, -0.1) is 0 Å². The van der Waals surface area contributed by atoms with Crippen molar-refractivity contribution in [2.45, 2.75) is 51.7 Å². The Hall–Kier alpha value is -3.26. The molecule has 2 aromatic heterocycles. The van der Waals surface area contributed by atoms with E-state index in [-0.39, 0.29) is 5.56 Å². The Balaban J connectivity index is 1.52. The van der Waals surface area contributed by atoms with Gasteiger partial charge in [-0.3, -0.25) is 4.68 Å². The second kappa shape index (κ2) is 8.23. The van der Waals surface area contributed by atoms with Crippen LogP contribution in [0.25, 0.3) is 11.3 Å². The van der Waals surface area contributed by atoms with Gasteiger partial charge in [-0.05, 0) is 51.3 Å². The molecule has 2 atom stereocenters. The molecule has 1 saturated heterocycles. The zero-order valence-corrected chi connectivity index (χ0v) is 17.3. The monoisotopic (exact) mass is 406 g/mol. The topological polar surface area (TPSA) is 105 Å². The molecule has 0 amide bonds. The maximum atomic E-state index is 11.1. The highest BCUT2D eigenvalue weighted by Crippen LogP contribution is 2.27. The summed E-state index contributed by atoms with van der Waals surface area (Å²) in [6, 6.07) is 7.99. The van der Waals surface area contributed by atoms with Crippen LogP contribution in [-0.2, 0) is 0 Å². The highest BCUT2D eigenvalue weighted by Gasteiger charge is 2.25. The van der Waals surface area contributed by atoms with Gasteiger partial charge in [-0.2, -0.15) is 5.10 Å². The lowest BCUT2D eigenvalue weighted by atomic mass is 9.95. The second-order valence-electron chi connectivity index (χ2n) is 8.04. The Bertz CT molecular complexity index is 1040. The number of hydrogen-bond acceptors (Lipinski definition) is 6. The molecular formula is C22H26N6O2. The minimum Gasteiger partial charge on any atom is -0.478 e. The number of aromatic carboxylic acids is 1. The van der Waals surface area contributed by atoms with Crippen LogP contribution < -0.4 is 10.6 Å². The van der Waals surface area contributed by atoms with Crippen molar-refractivity contribution < 1.29 is 9.90 Å². The molecule has 1 fully saturated rings. The van der Waals surface area contributed by atoms with Crippen molar-refractivity contribution in [1.82, 2.24) is 25.1 Å². The van der Waals surface area contributed by atoms with Gasteiger partial charge in [0.2, 0.25) is 5.95 Å². The first-order chi connectivity index (χ1) is 14.4. The van der Waals surface area contributed by atoms with Crippen molar-refractivity contribution in [2.24, 2.45) is 0 Å². The smallest absolute Gasteiger partial charge is 0.335 e. The van der Waals surface area contributed by atoms with E-state index >= 15 is 0 Å². The lowest BCUT2D eigenvalue weighted by Gasteiger charge is -2.32. The summed E-state index contributed by atoms with van der Waals surface area (Å²) >= 11 is 0. The minimum atomic E-state index is -0.946. The van der Waals surface area contributed by atoms with Crippen molar-refractivity contribution >= 4 is 17.6 Å². The maximum Gasteiger partial charge on any atom is 0.335 e. The molecule has 0 radical (unpaired) electrons. The largest absolute Gasteiger partial charge is 0.478 e. The number of aryl methyl sites for hydroxylation is 1. The van der Waals surface area contributed by atoms with Crippen molar-refractivity contribution in [3.8, 4) is 11.3 Å². The Kier molecular flexibility index (Phi) is 5.50. The van der Waals surface area contributed by atoms with Crippen LogP contribution in [0, 0.1) is 6.92 Å². The molecule has 3 N–H and O–H groups in total. The molecule has 0 aliphatic carbocycles.